The van der Waals surface area contributed by atoms with Crippen LogP contribution < -0.4 is 10.6 Å². The highest BCUT2D eigenvalue weighted by Crippen LogP contribution is 2.19. The molecule has 6 heteroatoms. The Balaban J connectivity index is 2.01. The van der Waals surface area contributed by atoms with E-state index in [1.807, 2.05) is 19.1 Å². The first kappa shape index (κ1) is 13.8. The number of anilines is 1. The van der Waals surface area contributed by atoms with Crippen molar-refractivity contribution in [3.8, 4) is 0 Å². The van der Waals surface area contributed by atoms with Crippen LogP contribution in [0.4, 0.5) is 5.82 Å². The van der Waals surface area contributed by atoms with Crippen molar-refractivity contribution in [2.24, 2.45) is 0 Å². The van der Waals surface area contributed by atoms with E-state index in [1.54, 1.807) is 24.5 Å². The molecule has 0 aliphatic rings. The molecule has 2 N–H and O–H groups in total. The minimum atomic E-state index is -0.178. The van der Waals surface area contributed by atoms with Gasteiger partial charge < -0.3 is 10.6 Å². The van der Waals surface area contributed by atoms with Gasteiger partial charge in [-0.15, -0.1) is 11.3 Å². The van der Waals surface area contributed by atoms with Crippen LogP contribution in [0.2, 0.25) is 5.02 Å². The van der Waals surface area contributed by atoms with Gasteiger partial charge in [0, 0.05) is 23.0 Å². The lowest BCUT2D eigenvalue weighted by atomic mass is 10.2. The van der Waals surface area contributed by atoms with E-state index in [4.69, 9.17) is 11.6 Å². The van der Waals surface area contributed by atoms with Crippen molar-refractivity contribution in [1.29, 1.82) is 0 Å². The number of amides is 1. The van der Waals surface area contributed by atoms with E-state index in [0.29, 0.717) is 22.9 Å². The number of carbonyl (C=O) groups excluding carboxylic acids is 1. The Morgan fingerprint density at radius 3 is 2.84 bits per heavy atom. The van der Waals surface area contributed by atoms with Crippen molar-refractivity contribution in [1.82, 2.24) is 10.3 Å². The normalized spacial score (nSPS) is 10.3. The summed E-state index contributed by atoms with van der Waals surface area (Å²) >= 11 is 7.66. The van der Waals surface area contributed by atoms with E-state index in [9.17, 15) is 4.79 Å². The van der Waals surface area contributed by atoms with Crippen molar-refractivity contribution in [2.45, 2.75) is 13.5 Å². The summed E-state index contributed by atoms with van der Waals surface area (Å²) in [4.78, 5) is 18.4. The van der Waals surface area contributed by atoms with Gasteiger partial charge in [0.05, 0.1) is 17.1 Å². The molecule has 0 bridgehead atoms. The highest BCUT2D eigenvalue weighted by atomic mass is 35.5. The van der Waals surface area contributed by atoms with Gasteiger partial charge in [0.1, 0.15) is 5.82 Å². The lowest BCUT2D eigenvalue weighted by Gasteiger charge is -2.06. The number of thiophene rings is 1. The summed E-state index contributed by atoms with van der Waals surface area (Å²) in [6.45, 7) is 2.55. The monoisotopic (exact) mass is 295 g/mol. The molecule has 2 aromatic heterocycles. The van der Waals surface area contributed by atoms with Gasteiger partial charge in [-0.2, -0.15) is 0 Å². The molecular formula is C13H14ClN3OS. The first-order valence-electron chi connectivity index (χ1n) is 5.77. The minimum Gasteiger partial charge on any atom is -0.372 e. The molecule has 0 unspecified atom stereocenters. The molecule has 0 atom stereocenters. The fourth-order valence-corrected chi connectivity index (χ4v) is 2.69. The predicted molar refractivity (Wildman–Crippen MR) is 79.0 cm³/mol. The molecular weight excluding hydrogens is 282 g/mol. The quantitative estimate of drug-likeness (QED) is 0.911. The summed E-state index contributed by atoms with van der Waals surface area (Å²) in [5.41, 5.74) is 0.456. The average Bonchev–Trinajstić information content (AvgIpc) is 2.81. The molecule has 2 aromatic rings. The number of hydrogen-bond donors (Lipinski definition) is 2. The van der Waals surface area contributed by atoms with Gasteiger partial charge in [0.15, 0.2) is 0 Å². The Hall–Kier alpha value is -1.59. The number of halogens is 1. The molecule has 2 rings (SSSR count). The molecule has 100 valence electrons. The maximum atomic E-state index is 12.0. The van der Waals surface area contributed by atoms with Gasteiger partial charge >= 0.3 is 0 Å². The van der Waals surface area contributed by atoms with E-state index >= 15 is 0 Å². The zero-order valence-corrected chi connectivity index (χ0v) is 12.2. The number of hydrogen-bond acceptors (Lipinski definition) is 4. The summed E-state index contributed by atoms with van der Waals surface area (Å²) < 4.78 is 0. The van der Waals surface area contributed by atoms with Crippen LogP contribution >= 0.6 is 22.9 Å². The number of rotatable bonds is 4. The van der Waals surface area contributed by atoms with Crippen molar-refractivity contribution < 1.29 is 4.79 Å². The average molecular weight is 296 g/mol. The largest absolute Gasteiger partial charge is 0.372 e. The molecule has 0 aromatic carbocycles. The number of aryl methyl sites for hydroxylation is 1. The fourth-order valence-electron chi connectivity index (χ4n) is 1.60. The molecule has 19 heavy (non-hydrogen) atoms. The van der Waals surface area contributed by atoms with Crippen molar-refractivity contribution in [2.75, 3.05) is 12.4 Å². The van der Waals surface area contributed by atoms with E-state index in [0.717, 1.165) is 4.88 Å². The van der Waals surface area contributed by atoms with Crippen molar-refractivity contribution in [3.63, 3.8) is 0 Å². The van der Waals surface area contributed by atoms with Gasteiger partial charge in [-0.25, -0.2) is 4.98 Å². The van der Waals surface area contributed by atoms with Crippen LogP contribution in [0, 0.1) is 6.92 Å². The second-order valence-corrected chi connectivity index (χ2v) is 5.78. The first-order chi connectivity index (χ1) is 9.10. The van der Waals surface area contributed by atoms with Crippen molar-refractivity contribution in [3.05, 3.63) is 44.7 Å². The lowest BCUT2D eigenvalue weighted by molar-refractivity contribution is 0.0951. The summed E-state index contributed by atoms with van der Waals surface area (Å²) in [6.07, 6.45) is 1.51. The molecule has 0 aliphatic heterocycles. The van der Waals surface area contributed by atoms with Crippen LogP contribution in [0.25, 0.3) is 0 Å². The third kappa shape index (κ3) is 3.45. The summed E-state index contributed by atoms with van der Waals surface area (Å²) in [5.74, 6) is 0.384. The molecule has 0 spiro atoms. The molecule has 4 nitrogen and oxygen atoms in total. The summed E-state index contributed by atoms with van der Waals surface area (Å²) in [5, 5.41) is 6.13. The number of aromatic nitrogens is 1. The molecule has 2 heterocycles. The van der Waals surface area contributed by atoms with Gasteiger partial charge in [-0.3, -0.25) is 4.79 Å². The number of carbonyl (C=O) groups is 1. The summed E-state index contributed by atoms with van der Waals surface area (Å²) in [6, 6.07) is 5.65. The van der Waals surface area contributed by atoms with Gasteiger partial charge in [0.25, 0.3) is 5.91 Å². The Morgan fingerprint density at radius 2 is 2.26 bits per heavy atom. The third-order valence-electron chi connectivity index (χ3n) is 2.56. The number of pyridine rings is 1. The molecule has 0 saturated heterocycles. The molecule has 0 radical (unpaired) electrons. The highest BCUT2D eigenvalue weighted by Gasteiger charge is 2.09. The van der Waals surface area contributed by atoms with Gasteiger partial charge in [-0.05, 0) is 25.1 Å². The van der Waals surface area contributed by atoms with E-state index in [1.165, 1.54) is 11.1 Å². The Labute approximate surface area is 120 Å². The Kier molecular flexibility index (Phi) is 4.39. The van der Waals surface area contributed by atoms with E-state index < -0.39 is 0 Å². The van der Waals surface area contributed by atoms with Crippen LogP contribution in [-0.4, -0.2) is 17.9 Å². The maximum absolute atomic E-state index is 12.0. The van der Waals surface area contributed by atoms with Gasteiger partial charge in [0.2, 0.25) is 0 Å². The predicted octanol–water partition coefficient (Wildman–Crippen LogP) is 3.08. The second kappa shape index (κ2) is 6.04. The molecule has 1 amide bonds. The van der Waals surface area contributed by atoms with Crippen LogP contribution in [0.5, 0.6) is 0 Å². The smallest absolute Gasteiger partial charge is 0.253 e. The van der Waals surface area contributed by atoms with Crippen molar-refractivity contribution >= 4 is 34.7 Å². The standard InChI is InChI=1S/C13H14ClN3OS/c1-8-3-4-10(19-8)7-17-13(18)9-5-11(14)12(15-2)16-6-9/h3-6H,7H2,1-2H3,(H,15,16)(H,17,18). The molecule has 0 aliphatic carbocycles. The third-order valence-corrected chi connectivity index (χ3v) is 3.85. The fraction of sp³-hybridized carbons (Fsp3) is 0.231. The molecule has 0 fully saturated rings. The van der Waals surface area contributed by atoms with Crippen LogP contribution in [-0.2, 0) is 6.54 Å². The van der Waals surface area contributed by atoms with Crippen LogP contribution in [0.15, 0.2) is 24.4 Å². The first-order valence-corrected chi connectivity index (χ1v) is 6.96. The summed E-state index contributed by atoms with van der Waals surface area (Å²) in [7, 11) is 1.73. The lowest BCUT2D eigenvalue weighted by Crippen LogP contribution is -2.22. The zero-order valence-electron chi connectivity index (χ0n) is 10.7. The van der Waals surface area contributed by atoms with Crippen LogP contribution in [0.1, 0.15) is 20.1 Å². The topological polar surface area (TPSA) is 54.0 Å². The number of nitrogens with zero attached hydrogens (tertiary/aromatic N) is 1. The van der Waals surface area contributed by atoms with E-state index in [2.05, 4.69) is 15.6 Å². The second-order valence-electron chi connectivity index (χ2n) is 4.00. The van der Waals surface area contributed by atoms with Gasteiger partial charge in [-0.1, -0.05) is 11.6 Å². The SMILES string of the molecule is CNc1ncc(C(=O)NCc2ccc(C)s2)cc1Cl. The van der Waals surface area contributed by atoms with Crippen LogP contribution in [0.3, 0.4) is 0 Å². The maximum Gasteiger partial charge on any atom is 0.253 e. The number of nitrogens with one attached hydrogen (secondary N) is 2. The zero-order chi connectivity index (χ0) is 13.8. The Morgan fingerprint density at radius 1 is 1.47 bits per heavy atom. The Bertz CT molecular complexity index is 597. The molecule has 0 saturated carbocycles. The van der Waals surface area contributed by atoms with E-state index in [-0.39, 0.29) is 5.91 Å². The minimum absolute atomic E-state index is 0.178. The highest BCUT2D eigenvalue weighted by molar-refractivity contribution is 7.11.